The van der Waals surface area contributed by atoms with Crippen molar-refractivity contribution in [3.8, 4) is 5.69 Å². The summed E-state index contributed by atoms with van der Waals surface area (Å²) in [5.41, 5.74) is 3.78. The van der Waals surface area contributed by atoms with E-state index in [-0.39, 0.29) is 10.9 Å². The summed E-state index contributed by atoms with van der Waals surface area (Å²) < 4.78 is 15.0. The highest BCUT2D eigenvalue weighted by Crippen LogP contribution is 2.23. The van der Waals surface area contributed by atoms with Crippen LogP contribution in [0, 0.1) is 19.7 Å². The molecule has 132 valence electrons. The Kier molecular flexibility index (Phi) is 5.19. The van der Waals surface area contributed by atoms with Gasteiger partial charge in [-0.25, -0.2) is 9.07 Å². The molecule has 0 aliphatic rings. The smallest absolute Gasteiger partial charge is 0.248 e. The lowest BCUT2D eigenvalue weighted by Gasteiger charge is -2.05. The topological polar surface area (TPSA) is 46.9 Å². The molecule has 26 heavy (non-hydrogen) atoms. The summed E-state index contributed by atoms with van der Waals surface area (Å²) in [5.74, 6) is -0.794. The fraction of sp³-hybridized carbons (Fsp3) is 0.100. The molecule has 3 aromatic rings. The maximum absolute atomic E-state index is 13.2. The standard InChI is InChI=1S/C20H17ClFN3O/c1-13-20(14(2)25(24-13)16-6-4-3-5-7-16)23-19(26)11-9-15-8-10-18(22)17(21)12-15/h3-12H,1-2H3,(H,23,26)/b11-9+. The van der Waals surface area contributed by atoms with Gasteiger partial charge in [0, 0.05) is 6.08 Å². The van der Waals surface area contributed by atoms with E-state index in [9.17, 15) is 9.18 Å². The van der Waals surface area contributed by atoms with Gasteiger partial charge in [-0.15, -0.1) is 0 Å². The number of carbonyl (C=O) groups excluding carboxylic acids is 1. The summed E-state index contributed by atoms with van der Waals surface area (Å²) in [6, 6.07) is 14.0. The molecular formula is C20H17ClFN3O. The first-order valence-corrected chi connectivity index (χ1v) is 8.39. The van der Waals surface area contributed by atoms with Crippen LogP contribution in [0.5, 0.6) is 0 Å². The Balaban J connectivity index is 1.78. The first-order valence-electron chi connectivity index (χ1n) is 8.01. The second-order valence-corrected chi connectivity index (χ2v) is 6.20. The second kappa shape index (κ2) is 7.54. The van der Waals surface area contributed by atoms with Crippen molar-refractivity contribution in [2.45, 2.75) is 13.8 Å². The van der Waals surface area contributed by atoms with Crippen LogP contribution in [0.4, 0.5) is 10.1 Å². The number of aromatic nitrogens is 2. The largest absolute Gasteiger partial charge is 0.319 e. The minimum Gasteiger partial charge on any atom is -0.319 e. The minimum absolute atomic E-state index is 0.0170. The van der Waals surface area contributed by atoms with E-state index >= 15 is 0 Å². The van der Waals surface area contributed by atoms with Gasteiger partial charge in [0.15, 0.2) is 0 Å². The van der Waals surface area contributed by atoms with E-state index in [0.29, 0.717) is 11.3 Å². The summed E-state index contributed by atoms with van der Waals surface area (Å²) in [4.78, 5) is 12.2. The van der Waals surface area contributed by atoms with E-state index in [4.69, 9.17) is 11.6 Å². The third kappa shape index (κ3) is 3.83. The molecule has 0 saturated heterocycles. The van der Waals surface area contributed by atoms with Crippen molar-refractivity contribution < 1.29 is 9.18 Å². The molecule has 0 unspecified atom stereocenters. The van der Waals surface area contributed by atoms with Gasteiger partial charge in [-0.05, 0) is 49.8 Å². The molecule has 0 aliphatic carbocycles. The van der Waals surface area contributed by atoms with E-state index in [1.807, 2.05) is 44.2 Å². The summed E-state index contributed by atoms with van der Waals surface area (Å²) >= 11 is 5.74. The number of hydrogen-bond donors (Lipinski definition) is 1. The number of benzene rings is 2. The van der Waals surface area contributed by atoms with Crippen LogP contribution in [0.25, 0.3) is 11.8 Å². The van der Waals surface area contributed by atoms with Crippen LogP contribution in [0.2, 0.25) is 5.02 Å². The van der Waals surface area contributed by atoms with Crippen molar-refractivity contribution in [1.82, 2.24) is 9.78 Å². The van der Waals surface area contributed by atoms with Crippen molar-refractivity contribution in [3.05, 3.63) is 82.4 Å². The van der Waals surface area contributed by atoms with Crippen LogP contribution in [-0.4, -0.2) is 15.7 Å². The van der Waals surface area contributed by atoms with Crippen LogP contribution < -0.4 is 5.32 Å². The number of halogens is 2. The Morgan fingerprint density at radius 1 is 1.19 bits per heavy atom. The molecule has 0 bridgehead atoms. The van der Waals surface area contributed by atoms with Crippen molar-refractivity contribution in [2.24, 2.45) is 0 Å². The fourth-order valence-electron chi connectivity index (χ4n) is 2.60. The number of aryl methyl sites for hydroxylation is 1. The normalized spacial score (nSPS) is 11.1. The predicted molar refractivity (Wildman–Crippen MR) is 102 cm³/mol. The summed E-state index contributed by atoms with van der Waals surface area (Å²) in [6.45, 7) is 3.73. The molecule has 0 radical (unpaired) electrons. The molecule has 0 saturated carbocycles. The van der Waals surface area contributed by atoms with Crippen LogP contribution in [0.15, 0.2) is 54.6 Å². The minimum atomic E-state index is -0.493. The quantitative estimate of drug-likeness (QED) is 0.662. The van der Waals surface area contributed by atoms with Gasteiger partial charge in [0.1, 0.15) is 5.82 Å². The maximum atomic E-state index is 13.2. The molecule has 0 aliphatic heterocycles. The third-order valence-corrected chi connectivity index (χ3v) is 4.20. The zero-order valence-electron chi connectivity index (χ0n) is 14.3. The van der Waals surface area contributed by atoms with Crippen LogP contribution in [0.1, 0.15) is 17.0 Å². The molecule has 0 atom stereocenters. The molecule has 2 aromatic carbocycles. The Morgan fingerprint density at radius 2 is 1.92 bits per heavy atom. The molecule has 4 nitrogen and oxygen atoms in total. The molecule has 1 aromatic heterocycles. The predicted octanol–water partition coefficient (Wildman–Crippen LogP) is 4.93. The highest BCUT2D eigenvalue weighted by Gasteiger charge is 2.14. The molecule has 1 N–H and O–H groups in total. The number of nitrogens with one attached hydrogen (secondary N) is 1. The molecule has 1 heterocycles. The number of carbonyl (C=O) groups is 1. The Hall–Kier alpha value is -2.92. The molecule has 0 fully saturated rings. The van der Waals surface area contributed by atoms with Crippen molar-refractivity contribution >= 4 is 29.3 Å². The fourth-order valence-corrected chi connectivity index (χ4v) is 2.79. The van der Waals surface area contributed by atoms with Gasteiger partial charge in [-0.3, -0.25) is 4.79 Å². The van der Waals surface area contributed by atoms with Crippen LogP contribution in [-0.2, 0) is 4.79 Å². The Morgan fingerprint density at radius 3 is 2.62 bits per heavy atom. The first kappa shape index (κ1) is 17.9. The van der Waals surface area contributed by atoms with E-state index in [2.05, 4.69) is 10.4 Å². The number of rotatable bonds is 4. The molecule has 0 spiro atoms. The number of para-hydroxylation sites is 1. The van der Waals surface area contributed by atoms with Crippen molar-refractivity contribution in [3.63, 3.8) is 0 Å². The number of hydrogen-bond acceptors (Lipinski definition) is 2. The van der Waals surface area contributed by atoms with Gasteiger partial charge < -0.3 is 5.32 Å². The Labute approximate surface area is 155 Å². The van der Waals surface area contributed by atoms with Crippen LogP contribution in [0.3, 0.4) is 0 Å². The molecular weight excluding hydrogens is 353 g/mol. The maximum Gasteiger partial charge on any atom is 0.248 e. The van der Waals surface area contributed by atoms with E-state index in [1.54, 1.807) is 16.8 Å². The molecule has 6 heteroatoms. The van der Waals surface area contributed by atoms with Gasteiger partial charge in [0.25, 0.3) is 0 Å². The van der Waals surface area contributed by atoms with Gasteiger partial charge in [0.2, 0.25) is 5.91 Å². The van der Waals surface area contributed by atoms with Gasteiger partial charge in [0.05, 0.1) is 27.8 Å². The molecule has 3 rings (SSSR count). The lowest BCUT2D eigenvalue weighted by molar-refractivity contribution is -0.111. The second-order valence-electron chi connectivity index (χ2n) is 5.79. The van der Waals surface area contributed by atoms with Crippen molar-refractivity contribution in [1.29, 1.82) is 0 Å². The monoisotopic (exact) mass is 369 g/mol. The SMILES string of the molecule is Cc1nn(-c2ccccc2)c(C)c1NC(=O)/C=C/c1ccc(F)c(Cl)c1. The number of amides is 1. The molecule has 1 amide bonds. The average Bonchev–Trinajstić information content (AvgIpc) is 2.91. The van der Waals surface area contributed by atoms with E-state index < -0.39 is 5.82 Å². The average molecular weight is 370 g/mol. The summed E-state index contributed by atoms with van der Waals surface area (Å²) in [7, 11) is 0. The van der Waals surface area contributed by atoms with E-state index in [1.165, 1.54) is 18.2 Å². The number of nitrogens with zero attached hydrogens (tertiary/aromatic N) is 2. The third-order valence-electron chi connectivity index (χ3n) is 3.91. The number of anilines is 1. The summed E-state index contributed by atoms with van der Waals surface area (Å²) in [6.07, 6.45) is 2.95. The Bertz CT molecular complexity index is 980. The zero-order chi connectivity index (χ0) is 18.7. The van der Waals surface area contributed by atoms with Crippen molar-refractivity contribution in [2.75, 3.05) is 5.32 Å². The zero-order valence-corrected chi connectivity index (χ0v) is 15.1. The van der Waals surface area contributed by atoms with Gasteiger partial charge in [-0.2, -0.15) is 5.10 Å². The lowest BCUT2D eigenvalue weighted by Crippen LogP contribution is -2.09. The lowest BCUT2D eigenvalue weighted by atomic mass is 10.2. The highest BCUT2D eigenvalue weighted by molar-refractivity contribution is 6.30. The van der Waals surface area contributed by atoms with Gasteiger partial charge in [-0.1, -0.05) is 35.9 Å². The van der Waals surface area contributed by atoms with E-state index in [0.717, 1.165) is 17.1 Å². The first-order chi connectivity index (χ1) is 12.5. The summed E-state index contributed by atoms with van der Waals surface area (Å²) in [5, 5.41) is 7.36. The van der Waals surface area contributed by atoms with Gasteiger partial charge >= 0.3 is 0 Å². The van der Waals surface area contributed by atoms with Crippen LogP contribution >= 0.6 is 11.6 Å². The highest BCUT2D eigenvalue weighted by atomic mass is 35.5.